The number of carbonyl (C=O) groups is 2. The molecule has 0 radical (unpaired) electrons. The third-order valence-corrected chi connectivity index (χ3v) is 5.30. The zero-order valence-electron chi connectivity index (χ0n) is 18.3. The highest BCUT2D eigenvalue weighted by Gasteiger charge is 2.46. The Balaban J connectivity index is 1.83. The van der Waals surface area contributed by atoms with E-state index in [-0.39, 0.29) is 29.7 Å². The number of hydrogen-bond acceptors (Lipinski definition) is 6. The van der Waals surface area contributed by atoms with Gasteiger partial charge in [-0.2, -0.15) is 0 Å². The minimum atomic E-state index is -0.833. The highest BCUT2D eigenvalue weighted by atomic mass is 16.5. The maximum absolute atomic E-state index is 13.1. The Bertz CT molecular complexity index is 1200. The lowest BCUT2D eigenvalue weighted by atomic mass is 9.95. The van der Waals surface area contributed by atoms with Crippen molar-refractivity contribution in [2.45, 2.75) is 32.5 Å². The number of aromatic hydroxyl groups is 1. The molecule has 33 heavy (non-hydrogen) atoms. The van der Waals surface area contributed by atoms with Crippen molar-refractivity contribution in [1.82, 2.24) is 9.88 Å². The van der Waals surface area contributed by atoms with Crippen LogP contribution in [0, 0.1) is 0 Å². The summed E-state index contributed by atoms with van der Waals surface area (Å²) in [6.07, 6.45) is 3.19. The summed E-state index contributed by atoms with van der Waals surface area (Å²) in [5.74, 6) is -1.17. The molecular weight excluding hydrogens is 420 g/mol. The van der Waals surface area contributed by atoms with Gasteiger partial charge in [0.25, 0.3) is 11.7 Å². The molecule has 7 heteroatoms. The van der Waals surface area contributed by atoms with Crippen LogP contribution >= 0.6 is 0 Å². The first-order valence-corrected chi connectivity index (χ1v) is 10.6. The second-order valence-corrected chi connectivity index (χ2v) is 8.07. The van der Waals surface area contributed by atoms with Crippen molar-refractivity contribution in [2.24, 2.45) is 0 Å². The van der Waals surface area contributed by atoms with Gasteiger partial charge in [0.2, 0.25) is 0 Å². The van der Waals surface area contributed by atoms with Crippen molar-refractivity contribution < 1.29 is 24.5 Å². The fraction of sp³-hybridized carbons (Fsp3) is 0.192. The molecule has 1 aliphatic rings. The van der Waals surface area contributed by atoms with Gasteiger partial charge in [0.15, 0.2) is 0 Å². The standard InChI is InChI=1S/C26H24N2O5/c1-16(2)33-21-7-3-6-19(13-21)24(30)22-23(18-8-10-20(29)11-9-18)28(26(32)25(22)31)15-17-5-4-12-27-14-17/h3-14,16,23,29-30H,15H2,1-2H3/b24-22-. The minimum Gasteiger partial charge on any atom is -0.508 e. The number of aromatic nitrogens is 1. The molecule has 168 valence electrons. The average molecular weight is 444 g/mol. The molecule has 2 heterocycles. The number of carbonyl (C=O) groups excluding carboxylic acids is 2. The SMILES string of the molecule is CC(C)Oc1cccc(/C(O)=C2/C(=O)C(=O)N(Cc3cccnc3)C2c2ccc(O)cc2)c1. The van der Waals surface area contributed by atoms with Crippen LogP contribution in [0.5, 0.6) is 11.5 Å². The first kappa shape index (κ1) is 22.1. The number of phenolic OH excluding ortho intramolecular Hbond substituents is 1. The minimum absolute atomic E-state index is 0.0173. The number of ketones is 1. The van der Waals surface area contributed by atoms with E-state index in [1.807, 2.05) is 19.9 Å². The molecule has 1 amide bonds. The van der Waals surface area contributed by atoms with Crippen molar-refractivity contribution in [1.29, 1.82) is 0 Å². The molecule has 1 aliphatic heterocycles. The molecule has 7 nitrogen and oxygen atoms in total. The largest absolute Gasteiger partial charge is 0.508 e. The van der Waals surface area contributed by atoms with Gasteiger partial charge in [-0.1, -0.05) is 30.3 Å². The maximum Gasteiger partial charge on any atom is 0.295 e. The summed E-state index contributed by atoms with van der Waals surface area (Å²) in [7, 11) is 0. The van der Waals surface area contributed by atoms with Gasteiger partial charge in [-0.25, -0.2) is 0 Å². The van der Waals surface area contributed by atoms with E-state index < -0.39 is 17.7 Å². The normalized spacial score (nSPS) is 17.5. The number of hydrogen-bond donors (Lipinski definition) is 2. The van der Waals surface area contributed by atoms with Crippen molar-refractivity contribution in [3.8, 4) is 11.5 Å². The number of nitrogens with zero attached hydrogens (tertiary/aromatic N) is 2. The van der Waals surface area contributed by atoms with E-state index in [0.29, 0.717) is 16.9 Å². The first-order chi connectivity index (χ1) is 15.8. The average Bonchev–Trinajstić information content (AvgIpc) is 3.04. The number of aliphatic hydroxyl groups excluding tert-OH is 1. The Morgan fingerprint density at radius 2 is 1.85 bits per heavy atom. The summed E-state index contributed by atoms with van der Waals surface area (Å²) in [5, 5.41) is 20.9. The molecule has 0 spiro atoms. The van der Waals surface area contributed by atoms with Crippen LogP contribution < -0.4 is 4.74 Å². The third kappa shape index (κ3) is 4.57. The fourth-order valence-electron chi connectivity index (χ4n) is 3.88. The molecule has 0 aliphatic carbocycles. The topological polar surface area (TPSA) is 100.0 Å². The van der Waals surface area contributed by atoms with Gasteiger partial charge in [0.1, 0.15) is 17.3 Å². The molecule has 1 fully saturated rings. The number of likely N-dealkylation sites (tertiary alicyclic amines) is 1. The lowest BCUT2D eigenvalue weighted by Gasteiger charge is -2.25. The van der Waals surface area contributed by atoms with Crippen LogP contribution in [0.4, 0.5) is 0 Å². The number of amides is 1. The Hall–Kier alpha value is -4.13. The Kier molecular flexibility index (Phi) is 6.13. The highest BCUT2D eigenvalue weighted by Crippen LogP contribution is 2.40. The van der Waals surface area contributed by atoms with Crippen molar-refractivity contribution in [3.63, 3.8) is 0 Å². The number of aliphatic hydroxyl groups is 1. The Labute approximate surface area is 191 Å². The van der Waals surface area contributed by atoms with Crippen LogP contribution in [0.2, 0.25) is 0 Å². The van der Waals surface area contributed by atoms with Crippen LogP contribution in [0.1, 0.15) is 36.6 Å². The second-order valence-electron chi connectivity index (χ2n) is 8.07. The molecule has 1 atom stereocenters. The van der Waals surface area contributed by atoms with Crippen LogP contribution in [0.3, 0.4) is 0 Å². The van der Waals surface area contributed by atoms with Gasteiger partial charge < -0.3 is 19.8 Å². The smallest absolute Gasteiger partial charge is 0.295 e. The van der Waals surface area contributed by atoms with Gasteiger partial charge >= 0.3 is 0 Å². The summed E-state index contributed by atoms with van der Waals surface area (Å²) in [6.45, 7) is 3.92. The molecule has 1 saturated heterocycles. The molecule has 4 rings (SSSR count). The zero-order valence-corrected chi connectivity index (χ0v) is 18.3. The van der Waals surface area contributed by atoms with E-state index in [2.05, 4.69) is 4.98 Å². The summed E-state index contributed by atoms with van der Waals surface area (Å²) in [5.41, 5.74) is 1.69. The van der Waals surface area contributed by atoms with Crippen molar-refractivity contribution in [3.05, 3.63) is 95.3 Å². The van der Waals surface area contributed by atoms with Gasteiger partial charge in [-0.15, -0.1) is 0 Å². The zero-order chi connectivity index (χ0) is 23.5. The number of phenols is 1. The summed E-state index contributed by atoms with van der Waals surface area (Å²) in [6, 6.07) is 15.7. The monoisotopic (exact) mass is 444 g/mol. The van der Waals surface area contributed by atoms with Crippen molar-refractivity contribution >= 4 is 17.4 Å². The van der Waals surface area contributed by atoms with E-state index in [1.54, 1.807) is 54.9 Å². The quantitative estimate of drug-likeness (QED) is 0.336. The number of benzene rings is 2. The second kappa shape index (κ2) is 9.16. The van der Waals surface area contributed by atoms with Gasteiger partial charge in [-0.3, -0.25) is 14.6 Å². The molecule has 0 bridgehead atoms. The predicted molar refractivity (Wildman–Crippen MR) is 122 cm³/mol. The summed E-state index contributed by atoms with van der Waals surface area (Å²) < 4.78 is 5.71. The van der Waals surface area contributed by atoms with Crippen molar-refractivity contribution in [2.75, 3.05) is 0 Å². The number of rotatable bonds is 6. The molecule has 1 unspecified atom stereocenters. The molecule has 2 N–H and O–H groups in total. The van der Waals surface area contributed by atoms with Gasteiger partial charge in [-0.05, 0) is 55.3 Å². The number of Topliss-reactive ketones (excluding diaryl/α,β-unsaturated/α-hetero) is 1. The Morgan fingerprint density at radius 1 is 1.09 bits per heavy atom. The van der Waals surface area contributed by atoms with E-state index >= 15 is 0 Å². The first-order valence-electron chi connectivity index (χ1n) is 10.6. The Morgan fingerprint density at radius 3 is 2.52 bits per heavy atom. The van der Waals surface area contributed by atoms with E-state index in [1.165, 1.54) is 17.0 Å². The lowest BCUT2D eigenvalue weighted by Crippen LogP contribution is -2.29. The molecule has 2 aromatic carbocycles. The highest BCUT2D eigenvalue weighted by molar-refractivity contribution is 6.46. The molecule has 1 aromatic heterocycles. The summed E-state index contributed by atoms with van der Waals surface area (Å²) >= 11 is 0. The lowest BCUT2D eigenvalue weighted by molar-refractivity contribution is -0.140. The van der Waals surface area contributed by atoms with Crippen LogP contribution in [-0.4, -0.2) is 37.9 Å². The fourth-order valence-corrected chi connectivity index (χ4v) is 3.88. The van der Waals surface area contributed by atoms with Crippen LogP contribution in [-0.2, 0) is 16.1 Å². The van der Waals surface area contributed by atoms with Gasteiger partial charge in [0.05, 0.1) is 17.7 Å². The van der Waals surface area contributed by atoms with Crippen LogP contribution in [0.15, 0.2) is 78.6 Å². The third-order valence-electron chi connectivity index (χ3n) is 5.30. The number of ether oxygens (including phenoxy) is 1. The summed E-state index contributed by atoms with van der Waals surface area (Å²) in [4.78, 5) is 31.7. The van der Waals surface area contributed by atoms with E-state index in [4.69, 9.17) is 4.74 Å². The predicted octanol–water partition coefficient (Wildman–Crippen LogP) is 4.20. The maximum atomic E-state index is 13.1. The van der Waals surface area contributed by atoms with Crippen LogP contribution in [0.25, 0.3) is 5.76 Å². The van der Waals surface area contributed by atoms with E-state index in [9.17, 15) is 19.8 Å². The molecule has 0 saturated carbocycles. The molecular formula is C26H24N2O5. The van der Waals surface area contributed by atoms with E-state index in [0.717, 1.165) is 5.56 Å². The number of pyridine rings is 1. The molecule has 3 aromatic rings. The van der Waals surface area contributed by atoms with Gasteiger partial charge in [0, 0.05) is 24.5 Å².